The summed E-state index contributed by atoms with van der Waals surface area (Å²) in [5, 5.41) is 12.5. The fraction of sp³-hybridized carbons (Fsp3) is 0.538. The van der Waals surface area contributed by atoms with Crippen LogP contribution in [0.5, 0.6) is 0 Å². The van der Waals surface area contributed by atoms with Crippen molar-refractivity contribution >= 4 is 21.8 Å². The molecule has 1 atom stereocenters. The Hall–Kier alpha value is -0.940. The molecule has 1 rings (SSSR count). The lowest BCUT2D eigenvalue weighted by atomic mass is 9.89. The first-order valence-corrected chi connectivity index (χ1v) is 6.66. The van der Waals surface area contributed by atoms with Crippen LogP contribution in [0, 0.1) is 5.41 Å². The van der Waals surface area contributed by atoms with E-state index in [9.17, 15) is 9.90 Å². The van der Waals surface area contributed by atoms with Crippen molar-refractivity contribution in [2.24, 2.45) is 5.41 Å². The molecule has 5 heteroatoms. The van der Waals surface area contributed by atoms with Crippen molar-refractivity contribution in [2.45, 2.75) is 33.3 Å². The normalized spacial score (nSPS) is 13.2. The van der Waals surface area contributed by atoms with Gasteiger partial charge in [0.1, 0.15) is 5.69 Å². The third-order valence-electron chi connectivity index (χ3n) is 2.32. The summed E-state index contributed by atoms with van der Waals surface area (Å²) in [6.45, 7) is 6.38. The van der Waals surface area contributed by atoms with E-state index >= 15 is 0 Å². The Morgan fingerprint density at radius 2 is 2.22 bits per heavy atom. The molecule has 0 saturated heterocycles. The Bertz CT molecular complexity index is 416. The number of carbonyl (C=O) groups is 1. The standard InChI is InChI=1S/C13H19BrN2O2/c1-13(2,3)7-9(17)8-16-12(18)11-10(14)5-4-6-15-11/h4-6,9,17H,7-8H2,1-3H3,(H,16,18). The number of carbonyl (C=O) groups excluding carboxylic acids is 1. The molecule has 0 aliphatic heterocycles. The lowest BCUT2D eigenvalue weighted by molar-refractivity contribution is 0.0863. The van der Waals surface area contributed by atoms with E-state index in [0.29, 0.717) is 16.6 Å². The number of aromatic nitrogens is 1. The van der Waals surface area contributed by atoms with Gasteiger partial charge in [-0.2, -0.15) is 0 Å². The van der Waals surface area contributed by atoms with Crippen molar-refractivity contribution < 1.29 is 9.90 Å². The van der Waals surface area contributed by atoms with Crippen LogP contribution in [0.3, 0.4) is 0 Å². The first kappa shape index (κ1) is 15.1. The number of amides is 1. The van der Waals surface area contributed by atoms with Crippen molar-refractivity contribution in [3.05, 3.63) is 28.5 Å². The lowest BCUT2D eigenvalue weighted by Crippen LogP contribution is -2.34. The fourth-order valence-corrected chi connectivity index (χ4v) is 2.06. The molecule has 1 aromatic heterocycles. The van der Waals surface area contributed by atoms with Crippen LogP contribution in [0.25, 0.3) is 0 Å². The fourth-order valence-electron chi connectivity index (χ4n) is 1.63. The minimum absolute atomic E-state index is 0.0374. The molecule has 0 aliphatic carbocycles. The van der Waals surface area contributed by atoms with Crippen molar-refractivity contribution in [3.8, 4) is 0 Å². The highest BCUT2D eigenvalue weighted by Gasteiger charge is 2.18. The van der Waals surface area contributed by atoms with Crippen molar-refractivity contribution in [3.63, 3.8) is 0 Å². The molecule has 1 amide bonds. The highest BCUT2D eigenvalue weighted by Crippen LogP contribution is 2.20. The molecule has 4 nitrogen and oxygen atoms in total. The third kappa shape index (κ3) is 5.14. The SMILES string of the molecule is CC(C)(C)CC(O)CNC(=O)c1ncccc1Br. The minimum Gasteiger partial charge on any atom is -0.391 e. The first-order valence-electron chi connectivity index (χ1n) is 5.86. The molecule has 0 radical (unpaired) electrons. The Kier molecular flexibility index (Phi) is 5.28. The predicted molar refractivity (Wildman–Crippen MR) is 74.3 cm³/mol. The number of rotatable bonds is 4. The second-order valence-electron chi connectivity index (χ2n) is 5.46. The van der Waals surface area contributed by atoms with Gasteiger partial charge in [0.15, 0.2) is 0 Å². The highest BCUT2D eigenvalue weighted by atomic mass is 79.9. The van der Waals surface area contributed by atoms with E-state index in [0.717, 1.165) is 0 Å². The van der Waals surface area contributed by atoms with Gasteiger partial charge in [0.25, 0.3) is 5.91 Å². The van der Waals surface area contributed by atoms with E-state index in [1.165, 1.54) is 0 Å². The summed E-state index contributed by atoms with van der Waals surface area (Å²) in [6.07, 6.45) is 1.65. The number of pyridine rings is 1. The van der Waals surface area contributed by atoms with Crippen LogP contribution >= 0.6 is 15.9 Å². The summed E-state index contributed by atoms with van der Waals surface area (Å²) in [5.41, 5.74) is 0.371. The van der Waals surface area contributed by atoms with Crippen LogP contribution in [0.2, 0.25) is 0 Å². The summed E-state index contributed by atoms with van der Waals surface area (Å²) < 4.78 is 0.646. The maximum atomic E-state index is 11.8. The van der Waals surface area contributed by atoms with Crippen LogP contribution in [0.15, 0.2) is 22.8 Å². The number of aliphatic hydroxyl groups excluding tert-OH is 1. The Balaban J connectivity index is 2.50. The van der Waals surface area contributed by atoms with Crippen molar-refractivity contribution in [1.82, 2.24) is 10.3 Å². The Labute approximate surface area is 116 Å². The molecular weight excluding hydrogens is 296 g/mol. The van der Waals surface area contributed by atoms with E-state index in [1.807, 2.05) is 20.8 Å². The number of hydrogen-bond donors (Lipinski definition) is 2. The second-order valence-corrected chi connectivity index (χ2v) is 6.32. The molecule has 2 N–H and O–H groups in total. The topological polar surface area (TPSA) is 62.2 Å². The number of hydrogen-bond acceptors (Lipinski definition) is 3. The summed E-state index contributed by atoms with van der Waals surface area (Å²) >= 11 is 3.27. The molecule has 0 spiro atoms. The molecule has 0 aromatic carbocycles. The minimum atomic E-state index is -0.545. The molecule has 100 valence electrons. The van der Waals surface area contributed by atoms with Gasteiger partial charge >= 0.3 is 0 Å². The molecule has 18 heavy (non-hydrogen) atoms. The predicted octanol–water partition coefficient (Wildman–Crippen LogP) is 2.37. The van der Waals surface area contributed by atoms with Gasteiger partial charge in [0.2, 0.25) is 0 Å². The highest BCUT2D eigenvalue weighted by molar-refractivity contribution is 9.10. The van der Waals surface area contributed by atoms with Gasteiger partial charge in [-0.25, -0.2) is 4.98 Å². The van der Waals surface area contributed by atoms with Gasteiger partial charge < -0.3 is 10.4 Å². The molecular formula is C13H19BrN2O2. The number of aliphatic hydroxyl groups is 1. The van der Waals surface area contributed by atoms with E-state index in [4.69, 9.17) is 0 Å². The second kappa shape index (κ2) is 6.29. The lowest BCUT2D eigenvalue weighted by Gasteiger charge is -2.22. The van der Waals surface area contributed by atoms with Crippen LogP contribution < -0.4 is 5.32 Å². The Morgan fingerprint density at radius 3 is 2.78 bits per heavy atom. The quantitative estimate of drug-likeness (QED) is 0.897. The summed E-state index contributed by atoms with van der Waals surface area (Å²) in [4.78, 5) is 15.8. The van der Waals surface area contributed by atoms with E-state index in [-0.39, 0.29) is 17.9 Å². The van der Waals surface area contributed by atoms with Crippen LogP contribution in [0.4, 0.5) is 0 Å². The zero-order valence-electron chi connectivity index (χ0n) is 10.9. The van der Waals surface area contributed by atoms with Gasteiger partial charge in [-0.3, -0.25) is 4.79 Å². The van der Waals surface area contributed by atoms with Gasteiger partial charge in [-0.1, -0.05) is 20.8 Å². The summed E-state index contributed by atoms with van der Waals surface area (Å²) in [7, 11) is 0. The molecule has 1 unspecified atom stereocenters. The van der Waals surface area contributed by atoms with Gasteiger partial charge in [0.05, 0.1) is 6.10 Å². The van der Waals surface area contributed by atoms with Crippen LogP contribution in [-0.4, -0.2) is 28.6 Å². The molecule has 1 heterocycles. The third-order valence-corrected chi connectivity index (χ3v) is 2.96. The maximum absolute atomic E-state index is 11.8. The van der Waals surface area contributed by atoms with Gasteiger partial charge in [0, 0.05) is 17.2 Å². The average molecular weight is 315 g/mol. The molecule has 0 aliphatic rings. The Morgan fingerprint density at radius 1 is 1.56 bits per heavy atom. The number of halogens is 1. The van der Waals surface area contributed by atoms with Crippen LogP contribution in [-0.2, 0) is 0 Å². The average Bonchev–Trinajstić information content (AvgIpc) is 2.24. The van der Waals surface area contributed by atoms with E-state index in [1.54, 1.807) is 18.3 Å². The monoisotopic (exact) mass is 314 g/mol. The molecule has 0 fully saturated rings. The smallest absolute Gasteiger partial charge is 0.271 e. The molecule has 0 bridgehead atoms. The number of nitrogens with zero attached hydrogens (tertiary/aromatic N) is 1. The van der Waals surface area contributed by atoms with Crippen LogP contribution in [0.1, 0.15) is 37.7 Å². The summed E-state index contributed by atoms with van der Waals surface area (Å²) in [6, 6.07) is 3.50. The van der Waals surface area contributed by atoms with Crippen molar-refractivity contribution in [2.75, 3.05) is 6.54 Å². The molecule has 0 saturated carbocycles. The van der Waals surface area contributed by atoms with E-state index < -0.39 is 6.10 Å². The zero-order valence-corrected chi connectivity index (χ0v) is 12.5. The van der Waals surface area contributed by atoms with Crippen molar-refractivity contribution in [1.29, 1.82) is 0 Å². The maximum Gasteiger partial charge on any atom is 0.271 e. The summed E-state index contributed by atoms with van der Waals surface area (Å²) in [5.74, 6) is -0.282. The van der Waals surface area contributed by atoms with Gasteiger partial charge in [-0.05, 0) is 39.9 Å². The zero-order chi connectivity index (χ0) is 13.8. The molecule has 1 aromatic rings. The largest absolute Gasteiger partial charge is 0.391 e. The van der Waals surface area contributed by atoms with Gasteiger partial charge in [-0.15, -0.1) is 0 Å². The van der Waals surface area contributed by atoms with E-state index in [2.05, 4.69) is 26.2 Å². The first-order chi connectivity index (χ1) is 8.29. The number of nitrogens with one attached hydrogen (secondary N) is 1.